The van der Waals surface area contributed by atoms with Gasteiger partial charge in [-0.15, -0.1) is 11.6 Å². The van der Waals surface area contributed by atoms with E-state index in [1.54, 1.807) is 56.0 Å². The van der Waals surface area contributed by atoms with Gasteiger partial charge in [-0.3, -0.25) is 4.79 Å². The molecule has 0 spiro atoms. The number of aryl methyl sites for hydroxylation is 2. The molecule has 1 atom stereocenters. The number of nitriles is 1. The van der Waals surface area contributed by atoms with Crippen molar-refractivity contribution in [2.24, 2.45) is 14.1 Å². The molecule has 1 aromatic carbocycles. The molecule has 9 heteroatoms. The molecule has 0 aliphatic heterocycles. The van der Waals surface area contributed by atoms with Gasteiger partial charge in [-0.25, -0.2) is 15.0 Å². The second-order valence-electron chi connectivity index (χ2n) is 8.09. The normalized spacial score (nSPS) is 12.9. The molecule has 0 fully saturated rings. The second kappa shape index (κ2) is 8.66. The van der Waals surface area contributed by atoms with E-state index >= 15 is 0 Å². The molecular weight excluding hydrogens is 483 g/mol. The van der Waals surface area contributed by atoms with Gasteiger partial charge in [-0.1, -0.05) is 29.8 Å². The second-order valence-corrected chi connectivity index (χ2v) is 9.10. The third-order valence-electron chi connectivity index (χ3n) is 5.99. The first-order valence-electron chi connectivity index (χ1n) is 10.6. The lowest BCUT2D eigenvalue weighted by atomic mass is 9.90. The van der Waals surface area contributed by atoms with Crippen LogP contribution < -0.4 is 5.56 Å². The molecule has 7 nitrogen and oxygen atoms in total. The molecule has 35 heavy (non-hydrogen) atoms. The minimum atomic E-state index is -1.20. The average Bonchev–Trinajstić information content (AvgIpc) is 3.32. The van der Waals surface area contributed by atoms with Crippen LogP contribution in [-0.4, -0.2) is 24.1 Å². The van der Waals surface area contributed by atoms with Gasteiger partial charge in [-0.2, -0.15) is 5.26 Å². The standard InChI is InChI=1S/C26H18Cl2N6O/c1-33-15-30-14-23(33)26(28,16-6-8-17(27)9-7-16)22-11-10-21-25(32-22)19(12-24(35)34(21)2)20-5-3-4-18(13-29)31-20/h3-12,14-15H,1-2H3. The Morgan fingerprint density at radius 3 is 2.49 bits per heavy atom. The smallest absolute Gasteiger partial charge is 0.251 e. The monoisotopic (exact) mass is 500 g/mol. The summed E-state index contributed by atoms with van der Waals surface area (Å²) < 4.78 is 3.36. The van der Waals surface area contributed by atoms with Crippen molar-refractivity contribution in [1.29, 1.82) is 5.26 Å². The van der Waals surface area contributed by atoms with Gasteiger partial charge in [0.05, 0.1) is 40.6 Å². The van der Waals surface area contributed by atoms with Crippen LogP contribution in [0.3, 0.4) is 0 Å². The predicted octanol–water partition coefficient (Wildman–Crippen LogP) is 4.78. The molecule has 0 aliphatic rings. The highest BCUT2D eigenvalue weighted by atomic mass is 35.5. The zero-order valence-corrected chi connectivity index (χ0v) is 20.3. The zero-order chi connectivity index (χ0) is 24.7. The fourth-order valence-electron chi connectivity index (χ4n) is 4.16. The van der Waals surface area contributed by atoms with E-state index in [1.165, 1.54) is 10.6 Å². The van der Waals surface area contributed by atoms with Gasteiger partial charge in [0.2, 0.25) is 0 Å². The van der Waals surface area contributed by atoms with Crippen molar-refractivity contribution in [1.82, 2.24) is 24.1 Å². The molecule has 0 saturated heterocycles. The first kappa shape index (κ1) is 22.8. The summed E-state index contributed by atoms with van der Waals surface area (Å²) >= 11 is 13.6. The summed E-state index contributed by atoms with van der Waals surface area (Å²) in [4.78, 5) is 25.2. The summed E-state index contributed by atoms with van der Waals surface area (Å²) in [5, 5.41) is 9.91. The third kappa shape index (κ3) is 3.77. The molecule has 0 N–H and O–H groups in total. The highest BCUT2D eigenvalue weighted by molar-refractivity contribution is 6.31. The summed E-state index contributed by atoms with van der Waals surface area (Å²) in [7, 11) is 3.55. The molecule has 0 radical (unpaired) electrons. The lowest BCUT2D eigenvalue weighted by Crippen LogP contribution is -2.27. The first-order chi connectivity index (χ1) is 16.8. The lowest BCUT2D eigenvalue weighted by molar-refractivity contribution is 0.729. The maximum absolute atomic E-state index is 12.7. The van der Waals surface area contributed by atoms with E-state index < -0.39 is 4.87 Å². The topological polar surface area (TPSA) is 89.4 Å². The van der Waals surface area contributed by atoms with Crippen molar-refractivity contribution in [2.75, 3.05) is 0 Å². The third-order valence-corrected chi connectivity index (χ3v) is 6.85. The van der Waals surface area contributed by atoms with E-state index in [0.29, 0.717) is 38.7 Å². The maximum Gasteiger partial charge on any atom is 0.251 e. The van der Waals surface area contributed by atoms with Gasteiger partial charge in [0.25, 0.3) is 5.56 Å². The first-order valence-corrected chi connectivity index (χ1v) is 11.4. The van der Waals surface area contributed by atoms with Crippen molar-refractivity contribution >= 4 is 34.2 Å². The fourth-order valence-corrected chi connectivity index (χ4v) is 4.70. The van der Waals surface area contributed by atoms with Crippen molar-refractivity contribution in [3.8, 4) is 17.3 Å². The van der Waals surface area contributed by atoms with E-state index in [4.69, 9.17) is 28.2 Å². The van der Waals surface area contributed by atoms with Gasteiger partial charge in [0.15, 0.2) is 4.87 Å². The molecule has 5 rings (SSSR count). The minimum Gasteiger partial charge on any atom is -0.336 e. The van der Waals surface area contributed by atoms with E-state index in [-0.39, 0.29) is 11.3 Å². The number of alkyl halides is 1. The summed E-state index contributed by atoms with van der Waals surface area (Å²) in [6.45, 7) is 0. The molecule has 5 aromatic rings. The SMILES string of the molecule is Cn1cncc1C(Cl)(c1ccc(Cl)cc1)c1ccc2c(n1)c(-c1cccc(C#N)n1)cc(=O)n2C. The molecule has 0 amide bonds. The van der Waals surface area contributed by atoms with Crippen LogP contribution in [0.25, 0.3) is 22.3 Å². The quantitative estimate of drug-likeness (QED) is 0.331. The zero-order valence-electron chi connectivity index (χ0n) is 18.8. The van der Waals surface area contributed by atoms with E-state index in [0.717, 1.165) is 5.56 Å². The van der Waals surface area contributed by atoms with Crippen LogP contribution >= 0.6 is 23.2 Å². The van der Waals surface area contributed by atoms with Crippen LogP contribution in [-0.2, 0) is 19.0 Å². The molecule has 0 saturated carbocycles. The Kier molecular flexibility index (Phi) is 5.64. The van der Waals surface area contributed by atoms with Crippen LogP contribution in [0.2, 0.25) is 5.02 Å². The number of nitrogens with zero attached hydrogens (tertiary/aromatic N) is 6. The van der Waals surface area contributed by atoms with Crippen molar-refractivity contribution < 1.29 is 0 Å². The molecule has 4 aromatic heterocycles. The maximum atomic E-state index is 12.7. The number of aromatic nitrogens is 5. The average molecular weight is 501 g/mol. The van der Waals surface area contributed by atoms with Crippen LogP contribution in [0.4, 0.5) is 0 Å². The van der Waals surface area contributed by atoms with Gasteiger partial charge >= 0.3 is 0 Å². The van der Waals surface area contributed by atoms with E-state index in [1.807, 2.05) is 35.9 Å². The summed E-state index contributed by atoms with van der Waals surface area (Å²) in [5.74, 6) is 0. The number of pyridine rings is 3. The summed E-state index contributed by atoms with van der Waals surface area (Å²) in [6, 6.07) is 19.5. The minimum absolute atomic E-state index is 0.215. The Bertz CT molecular complexity index is 1680. The Morgan fingerprint density at radius 1 is 1.03 bits per heavy atom. The number of fused-ring (bicyclic) bond motifs is 1. The molecular formula is C26H18Cl2N6O. The molecule has 172 valence electrons. The number of rotatable bonds is 4. The molecule has 4 heterocycles. The molecule has 0 aliphatic carbocycles. The van der Waals surface area contributed by atoms with Gasteiger partial charge in [0, 0.05) is 30.7 Å². The highest BCUT2D eigenvalue weighted by Crippen LogP contribution is 2.43. The largest absolute Gasteiger partial charge is 0.336 e. The Morgan fingerprint density at radius 2 is 1.80 bits per heavy atom. The number of hydrogen-bond donors (Lipinski definition) is 0. The summed E-state index contributed by atoms with van der Waals surface area (Å²) in [5.41, 5.74) is 4.18. The van der Waals surface area contributed by atoms with Gasteiger partial charge < -0.3 is 9.13 Å². The number of halogens is 2. The number of imidazole rings is 1. The highest BCUT2D eigenvalue weighted by Gasteiger charge is 2.38. The lowest BCUT2D eigenvalue weighted by Gasteiger charge is -2.28. The van der Waals surface area contributed by atoms with Gasteiger partial charge in [0.1, 0.15) is 11.8 Å². The number of benzene rings is 1. The Balaban J connectivity index is 1.84. The number of hydrogen-bond acceptors (Lipinski definition) is 5. The van der Waals surface area contributed by atoms with Crippen LogP contribution in [0, 0.1) is 11.3 Å². The van der Waals surface area contributed by atoms with Crippen molar-refractivity contribution in [3.63, 3.8) is 0 Å². The summed E-state index contributed by atoms with van der Waals surface area (Å²) in [6.07, 6.45) is 3.38. The van der Waals surface area contributed by atoms with Gasteiger partial charge in [-0.05, 0) is 42.0 Å². The van der Waals surface area contributed by atoms with Crippen molar-refractivity contribution in [2.45, 2.75) is 4.87 Å². The molecule has 0 bridgehead atoms. The Labute approximate surface area is 210 Å². The predicted molar refractivity (Wildman–Crippen MR) is 135 cm³/mol. The Hall–Kier alpha value is -3.99. The van der Waals surface area contributed by atoms with Crippen molar-refractivity contribution in [3.05, 3.63) is 111 Å². The van der Waals surface area contributed by atoms with E-state index in [9.17, 15) is 10.1 Å². The molecule has 1 unspecified atom stereocenters. The van der Waals surface area contributed by atoms with Crippen LogP contribution in [0.1, 0.15) is 22.6 Å². The van der Waals surface area contributed by atoms with E-state index in [2.05, 4.69) is 9.97 Å². The van der Waals surface area contributed by atoms with Crippen LogP contribution in [0.5, 0.6) is 0 Å². The van der Waals surface area contributed by atoms with Crippen LogP contribution in [0.15, 0.2) is 78.0 Å². The fraction of sp³-hybridized carbons (Fsp3) is 0.115.